The van der Waals surface area contributed by atoms with Gasteiger partial charge in [-0.25, -0.2) is 4.79 Å². The summed E-state index contributed by atoms with van der Waals surface area (Å²) < 4.78 is 5.11. The summed E-state index contributed by atoms with van der Waals surface area (Å²) in [5.74, 6) is -0.908. The number of halogens is 1. The number of aromatic nitrogens is 2. The van der Waals surface area contributed by atoms with Crippen LogP contribution in [-0.2, 0) is 16.0 Å². The first-order valence-corrected chi connectivity index (χ1v) is 7.85. The highest BCUT2D eigenvalue weighted by molar-refractivity contribution is 6.30. The summed E-state index contributed by atoms with van der Waals surface area (Å²) in [6.45, 7) is 3.46. The van der Waals surface area contributed by atoms with Gasteiger partial charge in [0.25, 0.3) is 0 Å². The Kier molecular flexibility index (Phi) is 5.92. The van der Waals surface area contributed by atoms with Crippen molar-refractivity contribution in [1.82, 2.24) is 15.5 Å². The van der Waals surface area contributed by atoms with E-state index in [1.54, 1.807) is 38.1 Å². The molecule has 0 aliphatic rings. The minimum Gasteiger partial charge on any atom is -0.480 e. The summed E-state index contributed by atoms with van der Waals surface area (Å²) in [4.78, 5) is 27.2. The molecule has 8 heteroatoms. The van der Waals surface area contributed by atoms with Crippen LogP contribution in [0.15, 0.2) is 28.8 Å². The number of hydrogen-bond acceptors (Lipinski definition) is 5. The second-order valence-corrected chi connectivity index (χ2v) is 6.08. The zero-order chi connectivity index (χ0) is 17.7. The Bertz CT molecular complexity index is 712. The third kappa shape index (κ3) is 4.79. The Morgan fingerprint density at radius 1 is 1.29 bits per heavy atom. The number of rotatable bonds is 7. The van der Waals surface area contributed by atoms with Crippen LogP contribution in [0.3, 0.4) is 0 Å². The Balaban J connectivity index is 1.92. The van der Waals surface area contributed by atoms with Crippen molar-refractivity contribution in [2.24, 2.45) is 5.92 Å². The van der Waals surface area contributed by atoms with Crippen LogP contribution in [0.1, 0.15) is 26.2 Å². The molecule has 7 nitrogen and oxygen atoms in total. The fraction of sp³-hybridized carbons (Fsp3) is 0.375. The lowest BCUT2D eigenvalue weighted by Crippen LogP contribution is -2.44. The van der Waals surface area contributed by atoms with E-state index in [-0.39, 0.29) is 24.7 Å². The standard InChI is InChI=1S/C16H18ClN3O4/c1-9(2)14(16(22)23)18-12(21)7-8-13-19-15(20-24-13)10-3-5-11(17)6-4-10/h3-6,9,14H,7-8H2,1-2H3,(H,18,21)(H,22,23)/t14-/m1/s1. The number of hydrogen-bond donors (Lipinski definition) is 2. The summed E-state index contributed by atoms with van der Waals surface area (Å²) in [5, 5.41) is 16.0. The van der Waals surface area contributed by atoms with Gasteiger partial charge in [-0.2, -0.15) is 4.98 Å². The van der Waals surface area contributed by atoms with E-state index in [4.69, 9.17) is 21.2 Å². The van der Waals surface area contributed by atoms with Crippen LogP contribution in [0.2, 0.25) is 5.02 Å². The third-order valence-corrected chi connectivity index (χ3v) is 3.64. The maximum atomic E-state index is 11.9. The van der Waals surface area contributed by atoms with Crippen molar-refractivity contribution in [1.29, 1.82) is 0 Å². The molecule has 0 aliphatic carbocycles. The average Bonchev–Trinajstić information content (AvgIpc) is 2.99. The highest BCUT2D eigenvalue weighted by Gasteiger charge is 2.23. The van der Waals surface area contributed by atoms with Gasteiger partial charge in [0.2, 0.25) is 17.6 Å². The highest BCUT2D eigenvalue weighted by Crippen LogP contribution is 2.19. The molecule has 0 saturated heterocycles. The normalized spacial score (nSPS) is 12.2. The van der Waals surface area contributed by atoms with E-state index in [1.807, 2.05) is 0 Å². The maximum absolute atomic E-state index is 11.9. The van der Waals surface area contributed by atoms with Crippen LogP contribution >= 0.6 is 11.6 Å². The highest BCUT2D eigenvalue weighted by atomic mass is 35.5. The molecule has 0 saturated carbocycles. The number of aryl methyl sites for hydroxylation is 1. The number of aliphatic carboxylic acids is 1. The molecule has 1 aromatic heterocycles. The minimum atomic E-state index is -1.05. The van der Waals surface area contributed by atoms with Crippen molar-refractivity contribution in [3.8, 4) is 11.4 Å². The third-order valence-electron chi connectivity index (χ3n) is 3.39. The number of carbonyl (C=O) groups excluding carboxylic acids is 1. The Labute approximate surface area is 144 Å². The second-order valence-electron chi connectivity index (χ2n) is 5.65. The zero-order valence-corrected chi connectivity index (χ0v) is 14.1. The first kappa shape index (κ1) is 17.9. The van der Waals surface area contributed by atoms with Crippen molar-refractivity contribution in [2.75, 3.05) is 0 Å². The number of carboxylic acids is 1. The molecular formula is C16H18ClN3O4. The molecule has 0 unspecified atom stereocenters. The molecule has 0 fully saturated rings. The molecule has 2 rings (SSSR count). The fourth-order valence-corrected chi connectivity index (χ4v) is 2.18. The van der Waals surface area contributed by atoms with Crippen LogP contribution in [0.4, 0.5) is 0 Å². The topological polar surface area (TPSA) is 105 Å². The molecule has 0 aliphatic heterocycles. The molecule has 0 radical (unpaired) electrons. The molecule has 1 heterocycles. The number of amides is 1. The van der Waals surface area contributed by atoms with E-state index in [0.29, 0.717) is 16.7 Å². The zero-order valence-electron chi connectivity index (χ0n) is 13.3. The lowest BCUT2D eigenvalue weighted by atomic mass is 10.0. The molecule has 0 spiro atoms. The summed E-state index contributed by atoms with van der Waals surface area (Å²) in [7, 11) is 0. The number of nitrogens with zero attached hydrogens (tertiary/aromatic N) is 2. The van der Waals surface area contributed by atoms with Gasteiger partial charge in [0.15, 0.2) is 0 Å². The lowest BCUT2D eigenvalue weighted by Gasteiger charge is -2.17. The predicted molar refractivity (Wildman–Crippen MR) is 87.5 cm³/mol. The molecule has 0 bridgehead atoms. The molecule has 1 amide bonds. The summed E-state index contributed by atoms with van der Waals surface area (Å²) in [6.07, 6.45) is 0.301. The van der Waals surface area contributed by atoms with Crippen molar-refractivity contribution < 1.29 is 19.2 Å². The summed E-state index contributed by atoms with van der Waals surface area (Å²) in [6, 6.07) is 6.06. The van der Waals surface area contributed by atoms with Gasteiger partial charge < -0.3 is 14.9 Å². The van der Waals surface area contributed by atoms with Gasteiger partial charge in [0.1, 0.15) is 6.04 Å². The van der Waals surface area contributed by atoms with Crippen molar-refractivity contribution >= 4 is 23.5 Å². The molecule has 2 aromatic rings. The van der Waals surface area contributed by atoms with Gasteiger partial charge >= 0.3 is 5.97 Å². The Morgan fingerprint density at radius 3 is 2.54 bits per heavy atom. The maximum Gasteiger partial charge on any atom is 0.326 e. The first-order chi connectivity index (χ1) is 11.4. The number of carboxylic acid groups (broad SMARTS) is 1. The number of benzene rings is 1. The number of nitrogens with one attached hydrogen (secondary N) is 1. The largest absolute Gasteiger partial charge is 0.480 e. The van der Waals surface area contributed by atoms with Crippen LogP contribution in [0, 0.1) is 5.92 Å². The van der Waals surface area contributed by atoms with Gasteiger partial charge in [0, 0.05) is 23.4 Å². The smallest absolute Gasteiger partial charge is 0.326 e. The minimum absolute atomic E-state index is 0.0682. The predicted octanol–water partition coefficient (Wildman–Crippen LogP) is 2.55. The Morgan fingerprint density at radius 2 is 1.96 bits per heavy atom. The monoisotopic (exact) mass is 351 g/mol. The van der Waals surface area contributed by atoms with E-state index in [0.717, 1.165) is 5.56 Å². The molecule has 1 aromatic carbocycles. The van der Waals surface area contributed by atoms with Crippen LogP contribution < -0.4 is 5.32 Å². The number of carbonyl (C=O) groups is 2. The average molecular weight is 352 g/mol. The van der Waals surface area contributed by atoms with Crippen molar-refractivity contribution in [3.63, 3.8) is 0 Å². The van der Waals surface area contributed by atoms with Crippen LogP contribution in [0.5, 0.6) is 0 Å². The van der Waals surface area contributed by atoms with E-state index < -0.39 is 12.0 Å². The first-order valence-electron chi connectivity index (χ1n) is 7.47. The van der Waals surface area contributed by atoms with E-state index >= 15 is 0 Å². The van der Waals surface area contributed by atoms with Crippen molar-refractivity contribution in [3.05, 3.63) is 35.2 Å². The second kappa shape index (κ2) is 7.92. The van der Waals surface area contributed by atoms with Crippen LogP contribution in [0.25, 0.3) is 11.4 Å². The summed E-state index contributed by atoms with van der Waals surface area (Å²) >= 11 is 5.82. The van der Waals surface area contributed by atoms with Crippen LogP contribution in [-0.4, -0.2) is 33.2 Å². The molecule has 2 N–H and O–H groups in total. The molecule has 24 heavy (non-hydrogen) atoms. The van der Waals surface area contributed by atoms with E-state index in [1.165, 1.54) is 0 Å². The lowest BCUT2D eigenvalue weighted by molar-refractivity contribution is -0.143. The van der Waals surface area contributed by atoms with Gasteiger partial charge in [-0.3, -0.25) is 4.79 Å². The molecule has 128 valence electrons. The van der Waals surface area contributed by atoms with Gasteiger partial charge in [-0.1, -0.05) is 30.6 Å². The fourth-order valence-electron chi connectivity index (χ4n) is 2.05. The SMILES string of the molecule is CC(C)[C@@H](NC(=O)CCc1nc(-c2ccc(Cl)cc2)no1)C(=O)O. The molecular weight excluding hydrogens is 334 g/mol. The Hall–Kier alpha value is -2.41. The quantitative estimate of drug-likeness (QED) is 0.794. The van der Waals surface area contributed by atoms with Gasteiger partial charge in [0.05, 0.1) is 0 Å². The van der Waals surface area contributed by atoms with E-state index in [2.05, 4.69) is 15.5 Å². The summed E-state index contributed by atoms with van der Waals surface area (Å²) in [5.41, 5.74) is 0.754. The van der Waals surface area contributed by atoms with Gasteiger partial charge in [-0.15, -0.1) is 0 Å². The molecule has 1 atom stereocenters. The van der Waals surface area contributed by atoms with E-state index in [9.17, 15) is 9.59 Å². The van der Waals surface area contributed by atoms with Crippen molar-refractivity contribution in [2.45, 2.75) is 32.7 Å². The van der Waals surface area contributed by atoms with Gasteiger partial charge in [-0.05, 0) is 30.2 Å².